The Morgan fingerprint density at radius 2 is 1.85 bits per heavy atom. The van der Waals surface area contributed by atoms with Crippen molar-refractivity contribution in [1.82, 2.24) is 9.78 Å². The summed E-state index contributed by atoms with van der Waals surface area (Å²) in [6, 6.07) is 3.54. The fourth-order valence-corrected chi connectivity index (χ4v) is 2.87. The second kappa shape index (κ2) is 7.91. The first-order valence-corrected chi connectivity index (χ1v) is 8.44. The van der Waals surface area contributed by atoms with E-state index in [1.165, 1.54) is 23.1 Å². The molecule has 0 saturated carbocycles. The lowest BCUT2D eigenvalue weighted by molar-refractivity contribution is -0.159. The van der Waals surface area contributed by atoms with Crippen LogP contribution in [0.2, 0.25) is 0 Å². The van der Waals surface area contributed by atoms with Gasteiger partial charge >= 0.3 is 5.97 Å². The summed E-state index contributed by atoms with van der Waals surface area (Å²) in [5.74, 6) is -1.93. The molecular formula is C18H25F2N5O2. The number of rotatable bonds is 8. The summed E-state index contributed by atoms with van der Waals surface area (Å²) >= 11 is 0. The van der Waals surface area contributed by atoms with Crippen LogP contribution < -0.4 is 16.6 Å². The van der Waals surface area contributed by atoms with Crippen LogP contribution in [0.4, 0.5) is 20.2 Å². The van der Waals surface area contributed by atoms with Gasteiger partial charge < -0.3 is 10.5 Å². The normalized spacial score (nSPS) is 12.0. The van der Waals surface area contributed by atoms with E-state index in [2.05, 4.69) is 16.0 Å². The Labute approximate surface area is 156 Å². The molecule has 0 fully saturated rings. The maximum Gasteiger partial charge on any atom is 0.328 e. The molecule has 1 heterocycles. The minimum atomic E-state index is -0.733. The van der Waals surface area contributed by atoms with E-state index in [0.717, 1.165) is 12.1 Å². The van der Waals surface area contributed by atoms with Gasteiger partial charge in [0.25, 0.3) is 0 Å². The number of para-hydroxylation sites is 1. The predicted octanol–water partition coefficient (Wildman–Crippen LogP) is 3.05. The SMILES string of the molecule is CC(C)(N)CC(C)(C)OC(=O)Cn1cc(NNc2c(F)cccc2F)cn1. The zero-order valence-electron chi connectivity index (χ0n) is 15.8. The molecular weight excluding hydrogens is 356 g/mol. The number of hydrogen-bond donors (Lipinski definition) is 3. The van der Waals surface area contributed by atoms with Gasteiger partial charge in [-0.15, -0.1) is 0 Å². The monoisotopic (exact) mass is 381 g/mol. The number of nitrogens with one attached hydrogen (secondary N) is 2. The molecule has 2 rings (SSSR count). The Kier molecular flexibility index (Phi) is 6.04. The first-order chi connectivity index (χ1) is 12.5. The van der Waals surface area contributed by atoms with Gasteiger partial charge in [-0.25, -0.2) is 8.78 Å². The molecule has 4 N–H and O–H groups in total. The number of ether oxygens (including phenoxy) is 1. The fraction of sp³-hybridized carbons (Fsp3) is 0.444. The summed E-state index contributed by atoms with van der Waals surface area (Å²) in [5.41, 5.74) is 9.98. The third-order valence-corrected chi connectivity index (χ3v) is 3.49. The van der Waals surface area contributed by atoms with E-state index in [1.807, 2.05) is 13.8 Å². The molecule has 0 unspecified atom stereocenters. The van der Waals surface area contributed by atoms with Gasteiger partial charge in [0.15, 0.2) is 11.6 Å². The molecule has 1 aromatic carbocycles. The van der Waals surface area contributed by atoms with Crippen LogP contribution in [0.3, 0.4) is 0 Å². The van der Waals surface area contributed by atoms with Crippen molar-refractivity contribution in [2.24, 2.45) is 5.73 Å². The maximum atomic E-state index is 13.6. The van der Waals surface area contributed by atoms with Crippen LogP contribution in [0.15, 0.2) is 30.6 Å². The highest BCUT2D eigenvalue weighted by Gasteiger charge is 2.29. The summed E-state index contributed by atoms with van der Waals surface area (Å²) in [6.45, 7) is 7.20. The Balaban J connectivity index is 1.91. The van der Waals surface area contributed by atoms with Gasteiger partial charge in [-0.3, -0.25) is 20.3 Å². The lowest BCUT2D eigenvalue weighted by Gasteiger charge is -2.32. The smallest absolute Gasteiger partial charge is 0.328 e. The van der Waals surface area contributed by atoms with Crippen LogP contribution >= 0.6 is 0 Å². The molecule has 148 valence electrons. The minimum absolute atomic E-state index is 0.107. The number of benzene rings is 1. The highest BCUT2D eigenvalue weighted by Crippen LogP contribution is 2.22. The number of esters is 1. The number of aromatic nitrogens is 2. The number of nitrogens with two attached hydrogens (primary N) is 1. The van der Waals surface area contributed by atoms with Gasteiger partial charge in [-0.05, 0) is 39.8 Å². The highest BCUT2D eigenvalue weighted by molar-refractivity contribution is 5.69. The molecule has 0 aliphatic carbocycles. The lowest BCUT2D eigenvalue weighted by atomic mass is 9.90. The summed E-state index contributed by atoms with van der Waals surface area (Å²) in [5, 5.41) is 4.02. The third-order valence-electron chi connectivity index (χ3n) is 3.49. The summed E-state index contributed by atoms with van der Waals surface area (Å²) < 4.78 is 34.0. The number of anilines is 2. The molecule has 27 heavy (non-hydrogen) atoms. The molecule has 0 amide bonds. The van der Waals surface area contributed by atoms with Gasteiger partial charge in [0.05, 0.1) is 18.1 Å². The molecule has 0 aliphatic rings. The van der Waals surface area contributed by atoms with Crippen molar-refractivity contribution in [3.63, 3.8) is 0 Å². The standard InChI is InChI=1S/C18H25F2N5O2/c1-17(2,21)11-18(3,4)27-15(26)10-25-9-12(8-22-25)23-24-16-13(19)6-5-7-14(16)20/h5-9,23-24H,10-11,21H2,1-4H3. The second-order valence-corrected chi connectivity index (χ2v) is 7.67. The van der Waals surface area contributed by atoms with Crippen LogP contribution in [0, 0.1) is 11.6 Å². The van der Waals surface area contributed by atoms with Gasteiger partial charge in [0.1, 0.15) is 17.8 Å². The highest BCUT2D eigenvalue weighted by atomic mass is 19.1. The molecule has 0 atom stereocenters. The molecule has 0 saturated heterocycles. The molecule has 0 radical (unpaired) electrons. The largest absolute Gasteiger partial charge is 0.458 e. The maximum absolute atomic E-state index is 13.6. The van der Waals surface area contributed by atoms with Crippen molar-refractivity contribution in [3.8, 4) is 0 Å². The van der Waals surface area contributed by atoms with Crippen LogP contribution in [0.5, 0.6) is 0 Å². The fourth-order valence-electron chi connectivity index (χ4n) is 2.87. The van der Waals surface area contributed by atoms with E-state index in [0.29, 0.717) is 12.1 Å². The van der Waals surface area contributed by atoms with Crippen LogP contribution in [0.1, 0.15) is 34.1 Å². The van der Waals surface area contributed by atoms with Crippen LogP contribution in [-0.2, 0) is 16.1 Å². The van der Waals surface area contributed by atoms with Crippen LogP contribution in [-0.4, -0.2) is 26.9 Å². The van der Waals surface area contributed by atoms with E-state index in [1.54, 1.807) is 13.8 Å². The number of hydrogen-bond acceptors (Lipinski definition) is 6. The number of hydrazine groups is 1. The topological polar surface area (TPSA) is 94.2 Å². The van der Waals surface area contributed by atoms with Crippen LogP contribution in [0.25, 0.3) is 0 Å². The average molecular weight is 381 g/mol. The zero-order chi connectivity index (χ0) is 20.2. The molecule has 0 aliphatic heterocycles. The van der Waals surface area contributed by atoms with E-state index in [-0.39, 0.29) is 12.2 Å². The summed E-state index contributed by atoms with van der Waals surface area (Å²) in [4.78, 5) is 12.1. The summed E-state index contributed by atoms with van der Waals surface area (Å²) in [6.07, 6.45) is 3.41. The van der Waals surface area contributed by atoms with Crippen molar-refractivity contribution in [2.75, 3.05) is 10.9 Å². The van der Waals surface area contributed by atoms with Crippen molar-refractivity contribution in [3.05, 3.63) is 42.2 Å². The molecule has 2 aromatic rings. The molecule has 1 aromatic heterocycles. The Morgan fingerprint density at radius 3 is 2.44 bits per heavy atom. The Hall–Kier alpha value is -2.68. The van der Waals surface area contributed by atoms with Crippen molar-refractivity contribution >= 4 is 17.3 Å². The van der Waals surface area contributed by atoms with Gasteiger partial charge in [0, 0.05) is 12.0 Å². The Bertz CT molecular complexity index is 779. The molecule has 7 nitrogen and oxygen atoms in total. The molecule has 9 heteroatoms. The first kappa shape index (κ1) is 20.6. The number of halogens is 2. The quantitative estimate of drug-likeness (QED) is 0.481. The van der Waals surface area contributed by atoms with Gasteiger partial charge in [-0.1, -0.05) is 6.07 Å². The zero-order valence-corrected chi connectivity index (χ0v) is 15.8. The summed E-state index contributed by atoms with van der Waals surface area (Å²) in [7, 11) is 0. The lowest BCUT2D eigenvalue weighted by Crippen LogP contribution is -2.43. The van der Waals surface area contributed by atoms with Crippen molar-refractivity contribution < 1.29 is 18.3 Å². The minimum Gasteiger partial charge on any atom is -0.458 e. The van der Waals surface area contributed by atoms with Gasteiger partial charge in [0.2, 0.25) is 0 Å². The molecule has 0 spiro atoms. The third kappa shape index (κ3) is 6.52. The number of carbonyl (C=O) groups is 1. The second-order valence-electron chi connectivity index (χ2n) is 7.67. The van der Waals surface area contributed by atoms with E-state index in [4.69, 9.17) is 10.5 Å². The van der Waals surface area contributed by atoms with E-state index >= 15 is 0 Å². The molecule has 0 bridgehead atoms. The van der Waals surface area contributed by atoms with E-state index < -0.39 is 28.7 Å². The Morgan fingerprint density at radius 1 is 1.22 bits per heavy atom. The predicted molar refractivity (Wildman–Crippen MR) is 98.9 cm³/mol. The van der Waals surface area contributed by atoms with Gasteiger partial charge in [-0.2, -0.15) is 5.10 Å². The first-order valence-electron chi connectivity index (χ1n) is 8.44. The number of nitrogens with zero attached hydrogens (tertiary/aromatic N) is 2. The van der Waals surface area contributed by atoms with E-state index in [9.17, 15) is 13.6 Å². The van der Waals surface area contributed by atoms with Crippen molar-refractivity contribution in [1.29, 1.82) is 0 Å². The average Bonchev–Trinajstić information content (AvgIpc) is 2.90. The number of carbonyl (C=O) groups excluding carboxylic acids is 1. The van der Waals surface area contributed by atoms with Crippen molar-refractivity contribution in [2.45, 2.75) is 51.8 Å².